The molecule has 5 heteroatoms. The molecule has 1 fully saturated rings. The maximum absolute atomic E-state index is 5.29. The fraction of sp³-hybridized carbons (Fsp3) is 0.800. The first-order chi connectivity index (χ1) is 7.20. The first kappa shape index (κ1) is 10.6. The number of hydrogen-bond donors (Lipinski definition) is 1. The van der Waals surface area contributed by atoms with E-state index in [1.807, 2.05) is 14.0 Å². The molecule has 2 heterocycles. The Morgan fingerprint density at radius 3 is 3.00 bits per heavy atom. The summed E-state index contributed by atoms with van der Waals surface area (Å²) < 4.78 is 5.29. The average molecular weight is 210 g/mol. The standard InChI is InChI=1S/C10H18N4O/c1-7(11-2)9-12-10(15-13-9)8-4-5-14(3)6-8/h7-8,11H,4-6H2,1-3H3. The Balaban J connectivity index is 2.07. The monoisotopic (exact) mass is 210 g/mol. The smallest absolute Gasteiger partial charge is 0.231 e. The average Bonchev–Trinajstić information content (AvgIpc) is 2.84. The summed E-state index contributed by atoms with van der Waals surface area (Å²) in [5, 5.41) is 7.09. The number of aromatic nitrogens is 2. The zero-order chi connectivity index (χ0) is 10.8. The molecule has 5 nitrogen and oxygen atoms in total. The molecule has 1 saturated heterocycles. The van der Waals surface area contributed by atoms with E-state index in [0.29, 0.717) is 5.92 Å². The van der Waals surface area contributed by atoms with Crippen molar-refractivity contribution in [1.82, 2.24) is 20.4 Å². The van der Waals surface area contributed by atoms with Gasteiger partial charge in [0.25, 0.3) is 0 Å². The number of nitrogens with zero attached hydrogens (tertiary/aromatic N) is 3. The SMILES string of the molecule is CNC(C)c1noc(C2CCN(C)C2)n1. The van der Waals surface area contributed by atoms with Crippen LogP contribution in [0.2, 0.25) is 0 Å². The van der Waals surface area contributed by atoms with Crippen LogP contribution in [-0.4, -0.2) is 42.2 Å². The van der Waals surface area contributed by atoms with E-state index in [4.69, 9.17) is 4.52 Å². The van der Waals surface area contributed by atoms with Crippen LogP contribution in [-0.2, 0) is 0 Å². The second-order valence-corrected chi connectivity index (χ2v) is 4.25. The third-order valence-electron chi connectivity index (χ3n) is 3.02. The van der Waals surface area contributed by atoms with Crippen LogP contribution in [0.25, 0.3) is 0 Å². The van der Waals surface area contributed by atoms with Gasteiger partial charge in [-0.15, -0.1) is 0 Å². The van der Waals surface area contributed by atoms with Crippen LogP contribution >= 0.6 is 0 Å². The van der Waals surface area contributed by atoms with Gasteiger partial charge < -0.3 is 14.7 Å². The van der Waals surface area contributed by atoms with Gasteiger partial charge in [0.15, 0.2) is 5.82 Å². The van der Waals surface area contributed by atoms with Gasteiger partial charge in [-0.2, -0.15) is 4.98 Å². The molecule has 0 spiro atoms. The number of nitrogens with one attached hydrogen (secondary N) is 1. The number of hydrogen-bond acceptors (Lipinski definition) is 5. The third-order valence-corrected chi connectivity index (χ3v) is 3.02. The highest BCUT2D eigenvalue weighted by Crippen LogP contribution is 2.25. The van der Waals surface area contributed by atoms with Crippen molar-refractivity contribution in [3.8, 4) is 0 Å². The van der Waals surface area contributed by atoms with Crippen LogP contribution in [0, 0.1) is 0 Å². The molecule has 2 unspecified atom stereocenters. The summed E-state index contributed by atoms with van der Waals surface area (Å²) in [7, 11) is 4.01. The van der Waals surface area contributed by atoms with Gasteiger partial charge >= 0.3 is 0 Å². The first-order valence-electron chi connectivity index (χ1n) is 5.40. The van der Waals surface area contributed by atoms with Crippen LogP contribution in [0.3, 0.4) is 0 Å². The number of rotatable bonds is 3. The molecule has 1 aromatic heterocycles. The third kappa shape index (κ3) is 2.18. The lowest BCUT2D eigenvalue weighted by Crippen LogP contribution is -2.14. The Labute approximate surface area is 89.8 Å². The molecule has 1 aliphatic heterocycles. The van der Waals surface area contributed by atoms with Crippen molar-refractivity contribution >= 4 is 0 Å². The summed E-state index contributed by atoms with van der Waals surface area (Å²) in [5.41, 5.74) is 0. The molecule has 2 atom stereocenters. The molecule has 0 aliphatic carbocycles. The van der Waals surface area contributed by atoms with Crippen LogP contribution in [0.4, 0.5) is 0 Å². The Morgan fingerprint density at radius 1 is 1.60 bits per heavy atom. The molecule has 1 aliphatic rings. The molecule has 0 bridgehead atoms. The molecule has 0 aromatic carbocycles. The van der Waals surface area contributed by atoms with E-state index >= 15 is 0 Å². The molecule has 0 radical (unpaired) electrons. The lowest BCUT2D eigenvalue weighted by Gasteiger charge is -2.05. The van der Waals surface area contributed by atoms with E-state index in [2.05, 4.69) is 27.4 Å². The molecule has 84 valence electrons. The number of likely N-dealkylation sites (tertiary alicyclic amines) is 1. The van der Waals surface area contributed by atoms with Gasteiger partial charge in [-0.05, 0) is 34.0 Å². The zero-order valence-electron chi connectivity index (χ0n) is 9.53. The molecule has 2 rings (SSSR count). The van der Waals surface area contributed by atoms with Crippen molar-refractivity contribution in [1.29, 1.82) is 0 Å². The van der Waals surface area contributed by atoms with Gasteiger partial charge in [0.1, 0.15) is 0 Å². The normalized spacial score (nSPS) is 24.6. The van der Waals surface area contributed by atoms with E-state index in [1.54, 1.807) is 0 Å². The Hall–Kier alpha value is -0.940. The van der Waals surface area contributed by atoms with Crippen molar-refractivity contribution in [2.75, 3.05) is 27.2 Å². The van der Waals surface area contributed by atoms with Gasteiger partial charge in [-0.3, -0.25) is 0 Å². The molecular weight excluding hydrogens is 192 g/mol. The van der Waals surface area contributed by atoms with Crippen molar-refractivity contribution in [3.05, 3.63) is 11.7 Å². The molecule has 0 amide bonds. The van der Waals surface area contributed by atoms with Gasteiger partial charge in [0.2, 0.25) is 5.89 Å². The predicted molar refractivity (Wildman–Crippen MR) is 56.6 cm³/mol. The maximum Gasteiger partial charge on any atom is 0.231 e. The Bertz CT molecular complexity index is 325. The molecule has 1 aromatic rings. The van der Waals surface area contributed by atoms with Crippen LogP contribution in [0.15, 0.2) is 4.52 Å². The highest BCUT2D eigenvalue weighted by atomic mass is 16.5. The lowest BCUT2D eigenvalue weighted by molar-refractivity contribution is 0.339. The van der Waals surface area contributed by atoms with Crippen LogP contribution in [0.1, 0.15) is 37.0 Å². The van der Waals surface area contributed by atoms with Crippen molar-refractivity contribution in [2.45, 2.75) is 25.3 Å². The lowest BCUT2D eigenvalue weighted by atomic mass is 10.1. The summed E-state index contributed by atoms with van der Waals surface area (Å²) in [6.45, 7) is 4.16. The largest absolute Gasteiger partial charge is 0.339 e. The summed E-state index contributed by atoms with van der Waals surface area (Å²) in [6.07, 6.45) is 1.12. The van der Waals surface area contributed by atoms with E-state index < -0.39 is 0 Å². The van der Waals surface area contributed by atoms with Crippen LogP contribution in [0.5, 0.6) is 0 Å². The second-order valence-electron chi connectivity index (χ2n) is 4.25. The number of likely N-dealkylation sites (N-methyl/N-ethyl adjacent to an activating group) is 1. The van der Waals surface area contributed by atoms with E-state index in [-0.39, 0.29) is 6.04 Å². The minimum atomic E-state index is 0.154. The Kier molecular flexibility index (Phi) is 3.02. The quantitative estimate of drug-likeness (QED) is 0.798. The van der Waals surface area contributed by atoms with E-state index in [9.17, 15) is 0 Å². The highest BCUT2D eigenvalue weighted by Gasteiger charge is 2.26. The first-order valence-corrected chi connectivity index (χ1v) is 5.40. The van der Waals surface area contributed by atoms with Crippen molar-refractivity contribution < 1.29 is 4.52 Å². The van der Waals surface area contributed by atoms with E-state index in [1.165, 1.54) is 0 Å². The zero-order valence-corrected chi connectivity index (χ0v) is 9.53. The van der Waals surface area contributed by atoms with Gasteiger partial charge in [0, 0.05) is 6.54 Å². The van der Waals surface area contributed by atoms with E-state index in [0.717, 1.165) is 31.2 Å². The second kappa shape index (κ2) is 4.28. The van der Waals surface area contributed by atoms with Gasteiger partial charge in [0.05, 0.1) is 12.0 Å². The van der Waals surface area contributed by atoms with Gasteiger partial charge in [-0.1, -0.05) is 5.16 Å². The summed E-state index contributed by atoms with van der Waals surface area (Å²) in [4.78, 5) is 6.72. The van der Waals surface area contributed by atoms with Crippen molar-refractivity contribution in [2.24, 2.45) is 0 Å². The minimum absolute atomic E-state index is 0.154. The summed E-state index contributed by atoms with van der Waals surface area (Å²) >= 11 is 0. The fourth-order valence-electron chi connectivity index (χ4n) is 1.85. The van der Waals surface area contributed by atoms with Crippen LogP contribution < -0.4 is 5.32 Å². The molecule has 0 saturated carbocycles. The van der Waals surface area contributed by atoms with Crippen molar-refractivity contribution in [3.63, 3.8) is 0 Å². The molecule has 1 N–H and O–H groups in total. The Morgan fingerprint density at radius 2 is 2.40 bits per heavy atom. The molecular formula is C10H18N4O. The molecule has 15 heavy (non-hydrogen) atoms. The minimum Gasteiger partial charge on any atom is -0.339 e. The topological polar surface area (TPSA) is 54.2 Å². The highest BCUT2D eigenvalue weighted by molar-refractivity contribution is 5.00. The summed E-state index contributed by atoms with van der Waals surface area (Å²) in [5.74, 6) is 1.96. The predicted octanol–water partition coefficient (Wildman–Crippen LogP) is 0.769. The van der Waals surface area contributed by atoms with Gasteiger partial charge in [-0.25, -0.2) is 0 Å². The fourth-order valence-corrected chi connectivity index (χ4v) is 1.85. The summed E-state index contributed by atoms with van der Waals surface area (Å²) in [6, 6.07) is 0.154. The maximum atomic E-state index is 5.29.